The Morgan fingerprint density at radius 2 is 1.58 bits per heavy atom. The zero-order valence-corrected chi connectivity index (χ0v) is 6.62. The lowest BCUT2D eigenvalue weighted by Crippen LogP contribution is -1.71. The SMILES string of the molecule is C1=CC=C2C3=C2C(=C1)C=CC=C3. The van der Waals surface area contributed by atoms with Crippen LogP contribution in [0.15, 0.2) is 70.9 Å². The van der Waals surface area contributed by atoms with Crippen LogP contribution in [0.3, 0.4) is 0 Å². The number of rotatable bonds is 0. The maximum Gasteiger partial charge on any atom is -0.00264 e. The molecule has 0 aromatic heterocycles. The summed E-state index contributed by atoms with van der Waals surface area (Å²) in [6, 6.07) is 0. The molecule has 0 radical (unpaired) electrons. The van der Waals surface area contributed by atoms with Crippen molar-refractivity contribution < 1.29 is 0 Å². The van der Waals surface area contributed by atoms with Crippen LogP contribution >= 0.6 is 0 Å². The summed E-state index contributed by atoms with van der Waals surface area (Å²) in [6.07, 6.45) is 17.1. The minimum atomic E-state index is 1.34. The van der Waals surface area contributed by atoms with Gasteiger partial charge in [-0.05, 0) is 22.3 Å². The summed E-state index contributed by atoms with van der Waals surface area (Å²) in [5.41, 5.74) is 5.60. The van der Waals surface area contributed by atoms with Crippen LogP contribution < -0.4 is 0 Å². The first-order valence-corrected chi connectivity index (χ1v) is 4.15. The number of hydrogen-bond acceptors (Lipinski definition) is 0. The van der Waals surface area contributed by atoms with Gasteiger partial charge in [0.15, 0.2) is 0 Å². The molecule has 3 rings (SSSR count). The van der Waals surface area contributed by atoms with Gasteiger partial charge in [0, 0.05) is 0 Å². The van der Waals surface area contributed by atoms with E-state index in [-0.39, 0.29) is 0 Å². The van der Waals surface area contributed by atoms with Crippen molar-refractivity contribution in [2.45, 2.75) is 0 Å². The van der Waals surface area contributed by atoms with Crippen LogP contribution in [0.4, 0.5) is 0 Å². The third-order valence-electron chi connectivity index (χ3n) is 2.35. The van der Waals surface area contributed by atoms with Crippen LogP contribution in [0.25, 0.3) is 0 Å². The fourth-order valence-corrected chi connectivity index (χ4v) is 1.72. The van der Waals surface area contributed by atoms with Crippen molar-refractivity contribution in [2.24, 2.45) is 0 Å². The van der Waals surface area contributed by atoms with Gasteiger partial charge in [-0.1, -0.05) is 48.6 Å². The first-order chi connectivity index (χ1) is 5.97. The highest BCUT2D eigenvalue weighted by molar-refractivity contribution is 5.82. The summed E-state index contributed by atoms with van der Waals surface area (Å²) in [6.45, 7) is 0. The largest absolute Gasteiger partial charge is 0.0616 e. The molecule has 0 heterocycles. The maximum absolute atomic E-state index is 2.18. The normalized spacial score (nSPS) is 22.7. The Hall–Kier alpha value is -1.56. The Labute approximate surface area is 71.6 Å². The molecule has 0 atom stereocenters. The van der Waals surface area contributed by atoms with Crippen LogP contribution in [-0.4, -0.2) is 0 Å². The molecular weight excluding hydrogens is 144 g/mol. The molecular formula is C12H8. The molecule has 3 aliphatic carbocycles. The average molecular weight is 152 g/mol. The van der Waals surface area contributed by atoms with Crippen molar-refractivity contribution in [3.63, 3.8) is 0 Å². The molecule has 0 saturated carbocycles. The molecule has 0 spiro atoms. The second-order valence-corrected chi connectivity index (χ2v) is 3.09. The highest BCUT2D eigenvalue weighted by atomic mass is 14.3. The molecule has 0 heteroatoms. The van der Waals surface area contributed by atoms with Gasteiger partial charge in [0.25, 0.3) is 0 Å². The van der Waals surface area contributed by atoms with Gasteiger partial charge in [0.1, 0.15) is 0 Å². The smallest absolute Gasteiger partial charge is 0.00264 e. The minimum Gasteiger partial charge on any atom is -0.0616 e. The predicted octanol–water partition coefficient (Wildman–Crippen LogP) is 2.85. The van der Waals surface area contributed by atoms with Crippen LogP contribution in [-0.2, 0) is 0 Å². The summed E-state index contributed by atoms with van der Waals surface area (Å²) in [4.78, 5) is 0. The van der Waals surface area contributed by atoms with E-state index in [1.54, 1.807) is 0 Å². The van der Waals surface area contributed by atoms with E-state index in [4.69, 9.17) is 0 Å². The van der Waals surface area contributed by atoms with Gasteiger partial charge in [-0.2, -0.15) is 0 Å². The average Bonchev–Trinajstić information content (AvgIpc) is 2.81. The van der Waals surface area contributed by atoms with Gasteiger partial charge in [-0.3, -0.25) is 0 Å². The molecule has 0 aliphatic heterocycles. The first kappa shape index (κ1) is 6.01. The number of allylic oxidation sites excluding steroid dienone is 12. The van der Waals surface area contributed by atoms with E-state index in [9.17, 15) is 0 Å². The fourth-order valence-electron chi connectivity index (χ4n) is 1.72. The van der Waals surface area contributed by atoms with Crippen molar-refractivity contribution in [2.75, 3.05) is 0 Å². The Morgan fingerprint density at radius 1 is 0.750 bits per heavy atom. The van der Waals surface area contributed by atoms with E-state index >= 15 is 0 Å². The highest BCUT2D eigenvalue weighted by Gasteiger charge is 2.29. The van der Waals surface area contributed by atoms with Crippen molar-refractivity contribution in [3.05, 3.63) is 70.9 Å². The van der Waals surface area contributed by atoms with E-state index in [1.165, 1.54) is 22.3 Å². The third-order valence-corrected chi connectivity index (χ3v) is 2.35. The Morgan fingerprint density at radius 3 is 2.58 bits per heavy atom. The lowest BCUT2D eigenvalue weighted by molar-refractivity contribution is 1.65. The Balaban J connectivity index is 2.24. The summed E-state index contributed by atoms with van der Waals surface area (Å²) in [5, 5.41) is 0. The molecule has 12 heavy (non-hydrogen) atoms. The molecule has 3 aliphatic rings. The van der Waals surface area contributed by atoms with E-state index in [1.807, 2.05) is 0 Å². The quantitative estimate of drug-likeness (QED) is 0.500. The van der Waals surface area contributed by atoms with Gasteiger partial charge in [0.2, 0.25) is 0 Å². The molecule has 0 fully saturated rings. The number of hydrogen-bond donors (Lipinski definition) is 0. The summed E-state index contributed by atoms with van der Waals surface area (Å²) >= 11 is 0. The predicted molar refractivity (Wildman–Crippen MR) is 50.6 cm³/mol. The summed E-state index contributed by atoms with van der Waals surface area (Å²) in [5.74, 6) is 0. The summed E-state index contributed by atoms with van der Waals surface area (Å²) < 4.78 is 0. The minimum absolute atomic E-state index is 1.34. The molecule has 0 amide bonds. The van der Waals surface area contributed by atoms with E-state index in [0.29, 0.717) is 0 Å². The molecule has 56 valence electrons. The third kappa shape index (κ3) is 0.668. The molecule has 0 N–H and O–H groups in total. The lowest BCUT2D eigenvalue weighted by atomic mass is 10.1. The Kier molecular flexibility index (Phi) is 0.991. The Bertz CT molecular complexity index is 421. The lowest BCUT2D eigenvalue weighted by Gasteiger charge is -1.89. The molecule has 0 aromatic rings. The molecule has 0 unspecified atom stereocenters. The van der Waals surface area contributed by atoms with Gasteiger partial charge in [-0.15, -0.1) is 0 Å². The topological polar surface area (TPSA) is 0 Å². The monoisotopic (exact) mass is 152 g/mol. The van der Waals surface area contributed by atoms with Crippen molar-refractivity contribution in [1.29, 1.82) is 0 Å². The van der Waals surface area contributed by atoms with Crippen molar-refractivity contribution in [3.8, 4) is 0 Å². The first-order valence-electron chi connectivity index (χ1n) is 4.15. The zero-order valence-electron chi connectivity index (χ0n) is 6.62. The van der Waals surface area contributed by atoms with Crippen LogP contribution in [0, 0.1) is 0 Å². The highest BCUT2D eigenvalue weighted by Crippen LogP contribution is 2.46. The van der Waals surface area contributed by atoms with E-state index < -0.39 is 0 Å². The molecule has 0 saturated heterocycles. The molecule has 0 aromatic carbocycles. The summed E-state index contributed by atoms with van der Waals surface area (Å²) in [7, 11) is 0. The number of fused-ring (bicyclic) bond motifs is 1. The maximum atomic E-state index is 2.18. The van der Waals surface area contributed by atoms with Crippen LogP contribution in [0.1, 0.15) is 0 Å². The van der Waals surface area contributed by atoms with Crippen molar-refractivity contribution in [1.82, 2.24) is 0 Å². The van der Waals surface area contributed by atoms with Gasteiger partial charge >= 0.3 is 0 Å². The van der Waals surface area contributed by atoms with Crippen molar-refractivity contribution >= 4 is 0 Å². The van der Waals surface area contributed by atoms with E-state index in [0.717, 1.165) is 0 Å². The standard InChI is InChI=1S/C12H8/c1-3-7-10-11-8-4-2-6-9(5-1)12(10)11/h1-8H. The van der Waals surface area contributed by atoms with Gasteiger partial charge in [0.05, 0.1) is 0 Å². The second kappa shape index (κ2) is 1.98. The zero-order chi connectivity index (χ0) is 7.97. The molecule has 0 bridgehead atoms. The second-order valence-electron chi connectivity index (χ2n) is 3.09. The fraction of sp³-hybridized carbons (Fsp3) is 0. The van der Waals surface area contributed by atoms with Gasteiger partial charge < -0.3 is 0 Å². The molecule has 0 nitrogen and oxygen atoms in total. The van der Waals surface area contributed by atoms with E-state index in [2.05, 4.69) is 48.6 Å². The van der Waals surface area contributed by atoms with Crippen LogP contribution in [0.2, 0.25) is 0 Å². The van der Waals surface area contributed by atoms with Gasteiger partial charge in [-0.25, -0.2) is 0 Å². The van der Waals surface area contributed by atoms with Crippen LogP contribution in [0.5, 0.6) is 0 Å².